The van der Waals surface area contributed by atoms with E-state index in [0.29, 0.717) is 0 Å². The van der Waals surface area contributed by atoms with Gasteiger partial charge in [-0.1, -0.05) is 12.1 Å². The molecule has 0 aromatic carbocycles. The summed E-state index contributed by atoms with van der Waals surface area (Å²) in [5, 5.41) is 0. The molecule has 3 aliphatic rings. The van der Waals surface area contributed by atoms with E-state index in [1.54, 1.807) is 0 Å². The predicted octanol–water partition coefficient (Wildman–Crippen LogP) is 2.60. The summed E-state index contributed by atoms with van der Waals surface area (Å²) in [6.45, 7) is 7.28. The van der Waals surface area contributed by atoms with E-state index in [2.05, 4.69) is 94.1 Å². The number of hydrogen-bond donors (Lipinski definition) is 0. The Morgan fingerprint density at radius 2 is 0.852 bits per heavy atom. The third-order valence-corrected chi connectivity index (χ3v) is 4.60. The van der Waals surface area contributed by atoms with E-state index in [0.717, 1.165) is 49.0 Å². The summed E-state index contributed by atoms with van der Waals surface area (Å²) in [6, 6.07) is 12.5. The van der Waals surface area contributed by atoms with Gasteiger partial charge in [0, 0.05) is 26.2 Å². The zero-order valence-electron chi connectivity index (χ0n) is 14.8. The summed E-state index contributed by atoms with van der Waals surface area (Å²) in [6.07, 6.45) is 8.35. The molecule has 0 spiro atoms. The number of aromatic nitrogens is 2. The molecule has 2 aromatic rings. The standard InChI is InChI=1S/C20H20N6.Pt/c1-3-17-11-23-7-9-25(15-23)13-19-5-2-6-20(22-19)14-26-10-8-24(16-26)12-18(4-1)21-17;/h1-10,15-16H,11-14H2;/q-2;+2. The molecular formula is C20H20N6Pt. The molecule has 0 saturated heterocycles. The Hall–Kier alpha value is -2.33. The first-order valence-electron chi connectivity index (χ1n) is 8.79. The number of nitrogens with zero attached hydrogens (tertiary/aromatic N) is 6. The van der Waals surface area contributed by atoms with E-state index in [9.17, 15) is 0 Å². The molecule has 0 atom stereocenters. The van der Waals surface area contributed by atoms with Gasteiger partial charge in [0.15, 0.2) is 0 Å². The van der Waals surface area contributed by atoms with Gasteiger partial charge in [0.05, 0.1) is 22.8 Å². The van der Waals surface area contributed by atoms with E-state index in [1.165, 1.54) is 0 Å². The van der Waals surface area contributed by atoms with Crippen LogP contribution in [0.1, 0.15) is 22.8 Å². The molecule has 0 fully saturated rings. The third kappa shape index (κ3) is 4.16. The van der Waals surface area contributed by atoms with Gasteiger partial charge < -0.3 is 19.6 Å². The molecule has 3 aliphatic heterocycles. The van der Waals surface area contributed by atoms with E-state index < -0.39 is 0 Å². The topological polar surface area (TPSA) is 38.7 Å². The molecule has 2 aromatic heterocycles. The van der Waals surface area contributed by atoms with Crippen molar-refractivity contribution in [3.8, 4) is 0 Å². The molecular weight excluding hydrogens is 519 g/mol. The van der Waals surface area contributed by atoms with Gasteiger partial charge in [0.1, 0.15) is 0 Å². The summed E-state index contributed by atoms with van der Waals surface area (Å²) >= 11 is 0. The van der Waals surface area contributed by atoms with Crippen LogP contribution in [0.3, 0.4) is 0 Å². The van der Waals surface area contributed by atoms with Gasteiger partial charge in [0.2, 0.25) is 0 Å². The van der Waals surface area contributed by atoms with Gasteiger partial charge in [0.25, 0.3) is 0 Å². The molecule has 5 rings (SSSR count). The molecule has 0 unspecified atom stereocenters. The summed E-state index contributed by atoms with van der Waals surface area (Å²) in [4.78, 5) is 18.3. The monoisotopic (exact) mass is 539 g/mol. The molecule has 0 saturated carbocycles. The first-order chi connectivity index (χ1) is 12.8. The van der Waals surface area contributed by atoms with Gasteiger partial charge >= 0.3 is 21.1 Å². The van der Waals surface area contributed by atoms with Crippen LogP contribution in [0.2, 0.25) is 0 Å². The Balaban J connectivity index is 0.00000180. The molecule has 0 N–H and O–H groups in total. The minimum absolute atomic E-state index is 0. The van der Waals surface area contributed by atoms with E-state index in [-0.39, 0.29) is 21.1 Å². The van der Waals surface area contributed by atoms with Crippen molar-refractivity contribution in [2.45, 2.75) is 26.2 Å². The van der Waals surface area contributed by atoms with Gasteiger partial charge in [-0.15, -0.1) is 0 Å². The van der Waals surface area contributed by atoms with Crippen molar-refractivity contribution in [1.82, 2.24) is 29.6 Å². The van der Waals surface area contributed by atoms with Gasteiger partial charge in [-0.2, -0.15) is 13.3 Å². The van der Waals surface area contributed by atoms with Crippen LogP contribution < -0.4 is 0 Å². The van der Waals surface area contributed by atoms with Gasteiger partial charge in [-0.3, -0.25) is 9.97 Å². The number of hydrogen-bond acceptors (Lipinski definition) is 6. The fourth-order valence-electron chi connectivity index (χ4n) is 3.41. The Bertz CT molecular complexity index is 737. The zero-order valence-corrected chi connectivity index (χ0v) is 17.0. The van der Waals surface area contributed by atoms with E-state index in [4.69, 9.17) is 9.97 Å². The van der Waals surface area contributed by atoms with Gasteiger partial charge in [-0.25, -0.2) is 0 Å². The predicted molar refractivity (Wildman–Crippen MR) is 97.5 cm³/mol. The molecule has 5 heterocycles. The first-order valence-corrected chi connectivity index (χ1v) is 8.79. The SMILES string of the molecule is C1=CN2[CH-]N1Cc1cccc(n1)CN1C=CN([CH-]1)Cc1cccc(n1)C2.[Pt+2]. The van der Waals surface area contributed by atoms with Gasteiger partial charge in [-0.05, 0) is 49.1 Å². The van der Waals surface area contributed by atoms with Crippen LogP contribution in [0.15, 0.2) is 61.2 Å². The zero-order chi connectivity index (χ0) is 17.3. The van der Waals surface area contributed by atoms with Crippen LogP contribution in [0.25, 0.3) is 0 Å². The summed E-state index contributed by atoms with van der Waals surface area (Å²) in [7, 11) is 0. The third-order valence-electron chi connectivity index (χ3n) is 4.60. The van der Waals surface area contributed by atoms with E-state index in [1.807, 2.05) is 0 Å². The fourth-order valence-corrected chi connectivity index (χ4v) is 3.41. The second-order valence-electron chi connectivity index (χ2n) is 6.76. The Kier molecular flexibility index (Phi) is 5.17. The van der Waals surface area contributed by atoms with Crippen molar-refractivity contribution >= 4 is 0 Å². The maximum Gasteiger partial charge on any atom is 2.00 e. The minimum atomic E-state index is 0. The van der Waals surface area contributed by atoms with Crippen LogP contribution in [0.4, 0.5) is 0 Å². The minimum Gasteiger partial charge on any atom is -0.503 e. The van der Waals surface area contributed by atoms with E-state index >= 15 is 0 Å². The van der Waals surface area contributed by atoms with Crippen molar-refractivity contribution in [3.63, 3.8) is 0 Å². The average molecular weight is 540 g/mol. The smallest absolute Gasteiger partial charge is 0.503 e. The quantitative estimate of drug-likeness (QED) is 0.480. The Morgan fingerprint density at radius 3 is 1.15 bits per heavy atom. The van der Waals surface area contributed by atoms with Crippen LogP contribution in [-0.4, -0.2) is 29.6 Å². The normalized spacial score (nSPS) is 18.1. The summed E-state index contributed by atoms with van der Waals surface area (Å²) in [5.41, 5.74) is 4.27. The van der Waals surface area contributed by atoms with Crippen molar-refractivity contribution < 1.29 is 21.1 Å². The van der Waals surface area contributed by atoms with Crippen LogP contribution in [0, 0.1) is 13.3 Å². The molecule has 27 heavy (non-hydrogen) atoms. The van der Waals surface area contributed by atoms with Crippen LogP contribution >= 0.6 is 0 Å². The molecule has 0 amide bonds. The van der Waals surface area contributed by atoms with Crippen molar-refractivity contribution in [1.29, 1.82) is 0 Å². The number of fused-ring (bicyclic) bond motifs is 8. The summed E-state index contributed by atoms with van der Waals surface area (Å²) in [5.74, 6) is 0. The van der Waals surface area contributed by atoms with Crippen molar-refractivity contribution in [2.75, 3.05) is 0 Å². The van der Waals surface area contributed by atoms with Crippen LogP contribution in [-0.2, 0) is 47.2 Å². The Labute approximate surface area is 174 Å². The maximum absolute atomic E-state index is 4.82. The molecule has 0 aliphatic carbocycles. The summed E-state index contributed by atoms with van der Waals surface area (Å²) < 4.78 is 0. The Morgan fingerprint density at radius 1 is 0.556 bits per heavy atom. The molecule has 8 bridgehead atoms. The molecule has 140 valence electrons. The fraction of sp³-hybridized carbons (Fsp3) is 0.200. The van der Waals surface area contributed by atoms with Crippen molar-refractivity contribution in [2.24, 2.45) is 0 Å². The first kappa shape index (κ1) is 18.1. The number of rotatable bonds is 0. The number of pyridine rings is 2. The largest absolute Gasteiger partial charge is 2.00 e. The molecule has 0 radical (unpaired) electrons. The van der Waals surface area contributed by atoms with Crippen LogP contribution in [0.5, 0.6) is 0 Å². The van der Waals surface area contributed by atoms with Crippen molar-refractivity contribution in [3.05, 3.63) is 97.3 Å². The molecule has 7 heteroatoms. The average Bonchev–Trinajstić information content (AvgIpc) is 3.24. The second-order valence-corrected chi connectivity index (χ2v) is 6.76. The maximum atomic E-state index is 4.82. The second kappa shape index (κ2) is 7.73. The molecule has 6 nitrogen and oxygen atoms in total.